The van der Waals surface area contributed by atoms with E-state index in [2.05, 4.69) is 21.1 Å². The molecular formula is C14H20N4O2. The summed E-state index contributed by atoms with van der Waals surface area (Å²) in [6.45, 7) is 3.93. The molecule has 1 aliphatic rings. The van der Waals surface area contributed by atoms with Gasteiger partial charge in [0.15, 0.2) is 0 Å². The van der Waals surface area contributed by atoms with Crippen molar-refractivity contribution in [3.05, 3.63) is 35.9 Å². The first-order chi connectivity index (χ1) is 9.75. The number of hydrogen-bond acceptors (Lipinski definition) is 4. The first-order valence-electron chi connectivity index (χ1n) is 6.83. The number of hydrogen-bond donors (Lipinski definition) is 3. The highest BCUT2D eigenvalue weighted by Gasteiger charge is 2.13. The Morgan fingerprint density at radius 3 is 2.70 bits per heavy atom. The zero-order valence-corrected chi connectivity index (χ0v) is 11.4. The van der Waals surface area contributed by atoms with E-state index < -0.39 is 0 Å². The molecule has 1 heterocycles. The van der Waals surface area contributed by atoms with E-state index in [0.717, 1.165) is 32.6 Å². The lowest BCUT2D eigenvalue weighted by Crippen LogP contribution is -2.47. The molecule has 1 aliphatic heterocycles. The third-order valence-electron chi connectivity index (χ3n) is 3.15. The van der Waals surface area contributed by atoms with Gasteiger partial charge in [-0.1, -0.05) is 18.2 Å². The fraction of sp³-hybridized carbons (Fsp3) is 0.429. The molecule has 2 rings (SSSR count). The monoisotopic (exact) mass is 276 g/mol. The predicted molar refractivity (Wildman–Crippen MR) is 76.0 cm³/mol. The molecule has 0 unspecified atom stereocenters. The molecule has 3 N–H and O–H groups in total. The summed E-state index contributed by atoms with van der Waals surface area (Å²) in [4.78, 5) is 25.6. The summed E-state index contributed by atoms with van der Waals surface area (Å²) in [7, 11) is 0. The molecular weight excluding hydrogens is 256 g/mol. The molecule has 0 aromatic heterocycles. The van der Waals surface area contributed by atoms with E-state index in [-0.39, 0.29) is 11.8 Å². The molecule has 20 heavy (non-hydrogen) atoms. The fourth-order valence-electron chi connectivity index (χ4n) is 2.09. The molecule has 1 saturated heterocycles. The number of amides is 2. The lowest BCUT2D eigenvalue weighted by molar-refractivity contribution is -0.123. The van der Waals surface area contributed by atoms with Gasteiger partial charge in [-0.05, 0) is 31.6 Å². The lowest BCUT2D eigenvalue weighted by atomic mass is 10.2. The third-order valence-corrected chi connectivity index (χ3v) is 3.15. The topological polar surface area (TPSA) is 73.5 Å². The van der Waals surface area contributed by atoms with Gasteiger partial charge in [-0.2, -0.15) is 0 Å². The molecule has 2 amide bonds. The number of carbonyl (C=O) groups excluding carboxylic acids is 2. The van der Waals surface area contributed by atoms with Crippen LogP contribution >= 0.6 is 0 Å². The Kier molecular flexibility index (Phi) is 5.52. The standard InChI is InChI=1S/C14H20N4O2/c19-13(11-18-9-4-7-15-8-10-18)16-17-14(20)12-5-2-1-3-6-12/h1-3,5-6,15H,4,7-11H2,(H,16,19)(H,17,20). The van der Waals surface area contributed by atoms with Crippen molar-refractivity contribution >= 4 is 11.8 Å². The summed E-state index contributed by atoms with van der Waals surface area (Å²) in [5, 5.41) is 3.28. The Morgan fingerprint density at radius 1 is 1.10 bits per heavy atom. The molecule has 0 saturated carbocycles. The number of nitrogens with zero attached hydrogens (tertiary/aromatic N) is 1. The maximum Gasteiger partial charge on any atom is 0.269 e. The Balaban J connectivity index is 1.73. The number of hydrazine groups is 1. The van der Waals surface area contributed by atoms with Crippen LogP contribution in [0.5, 0.6) is 0 Å². The van der Waals surface area contributed by atoms with E-state index >= 15 is 0 Å². The third kappa shape index (κ3) is 4.64. The van der Waals surface area contributed by atoms with Crippen LogP contribution in [0.15, 0.2) is 30.3 Å². The van der Waals surface area contributed by atoms with Crippen molar-refractivity contribution in [1.82, 2.24) is 21.1 Å². The molecule has 0 aliphatic carbocycles. The average molecular weight is 276 g/mol. The largest absolute Gasteiger partial charge is 0.315 e. The van der Waals surface area contributed by atoms with Crippen molar-refractivity contribution in [2.24, 2.45) is 0 Å². The van der Waals surface area contributed by atoms with Gasteiger partial charge in [0.25, 0.3) is 11.8 Å². The van der Waals surface area contributed by atoms with Gasteiger partial charge in [0.05, 0.1) is 6.54 Å². The quantitative estimate of drug-likeness (QED) is 0.665. The summed E-state index contributed by atoms with van der Waals surface area (Å²) in [5.41, 5.74) is 5.39. The number of nitrogens with one attached hydrogen (secondary N) is 3. The molecule has 1 aromatic rings. The molecule has 0 spiro atoms. The van der Waals surface area contributed by atoms with Crippen molar-refractivity contribution in [3.8, 4) is 0 Å². The summed E-state index contributed by atoms with van der Waals surface area (Å²) in [5.74, 6) is -0.507. The van der Waals surface area contributed by atoms with Gasteiger partial charge in [-0.15, -0.1) is 0 Å². The zero-order chi connectivity index (χ0) is 14.2. The van der Waals surface area contributed by atoms with E-state index in [1.807, 2.05) is 6.07 Å². The fourth-order valence-corrected chi connectivity index (χ4v) is 2.09. The van der Waals surface area contributed by atoms with Crippen molar-refractivity contribution < 1.29 is 9.59 Å². The van der Waals surface area contributed by atoms with Crippen LogP contribution in [0.4, 0.5) is 0 Å². The second-order valence-electron chi connectivity index (χ2n) is 4.75. The molecule has 6 nitrogen and oxygen atoms in total. The number of carbonyl (C=O) groups is 2. The minimum Gasteiger partial charge on any atom is -0.315 e. The van der Waals surface area contributed by atoms with Gasteiger partial charge in [0, 0.05) is 18.7 Å². The van der Waals surface area contributed by atoms with Gasteiger partial charge >= 0.3 is 0 Å². The average Bonchev–Trinajstić information content (AvgIpc) is 2.74. The summed E-state index contributed by atoms with van der Waals surface area (Å²) >= 11 is 0. The highest BCUT2D eigenvalue weighted by molar-refractivity contribution is 5.95. The van der Waals surface area contributed by atoms with E-state index in [4.69, 9.17) is 0 Å². The Morgan fingerprint density at radius 2 is 1.90 bits per heavy atom. The highest BCUT2D eigenvalue weighted by atomic mass is 16.2. The lowest BCUT2D eigenvalue weighted by Gasteiger charge is -2.18. The smallest absolute Gasteiger partial charge is 0.269 e. The van der Waals surface area contributed by atoms with Crippen molar-refractivity contribution in [2.75, 3.05) is 32.7 Å². The first-order valence-corrected chi connectivity index (χ1v) is 6.83. The van der Waals surface area contributed by atoms with Crippen LogP contribution < -0.4 is 16.2 Å². The molecule has 108 valence electrons. The Labute approximate surface area is 118 Å². The summed E-state index contributed by atoms with van der Waals surface area (Å²) in [6, 6.07) is 8.79. The van der Waals surface area contributed by atoms with Crippen molar-refractivity contribution in [1.29, 1.82) is 0 Å². The van der Waals surface area contributed by atoms with E-state index in [1.165, 1.54) is 0 Å². The first kappa shape index (κ1) is 14.5. The van der Waals surface area contributed by atoms with E-state index in [0.29, 0.717) is 12.1 Å². The van der Waals surface area contributed by atoms with E-state index in [9.17, 15) is 9.59 Å². The highest BCUT2D eigenvalue weighted by Crippen LogP contribution is 1.97. The normalized spacial score (nSPS) is 16.2. The maximum absolute atomic E-state index is 11.8. The van der Waals surface area contributed by atoms with Gasteiger partial charge in [-0.3, -0.25) is 25.3 Å². The minimum absolute atomic E-state index is 0.198. The van der Waals surface area contributed by atoms with Gasteiger partial charge in [0.1, 0.15) is 0 Å². The molecule has 6 heteroatoms. The van der Waals surface area contributed by atoms with Crippen LogP contribution in [0, 0.1) is 0 Å². The van der Waals surface area contributed by atoms with Crippen LogP contribution in [0.25, 0.3) is 0 Å². The maximum atomic E-state index is 11.8. The van der Waals surface area contributed by atoms with Gasteiger partial charge < -0.3 is 5.32 Å². The number of benzene rings is 1. The van der Waals surface area contributed by atoms with Crippen molar-refractivity contribution in [3.63, 3.8) is 0 Å². The SMILES string of the molecule is O=C(CN1CCCNCC1)NNC(=O)c1ccccc1. The molecule has 0 radical (unpaired) electrons. The summed E-state index contributed by atoms with van der Waals surface area (Å²) in [6.07, 6.45) is 1.03. The Bertz CT molecular complexity index is 442. The van der Waals surface area contributed by atoms with Crippen molar-refractivity contribution in [2.45, 2.75) is 6.42 Å². The molecule has 1 fully saturated rings. The van der Waals surface area contributed by atoms with Gasteiger partial charge in [-0.25, -0.2) is 0 Å². The summed E-state index contributed by atoms with van der Waals surface area (Å²) < 4.78 is 0. The number of rotatable bonds is 3. The van der Waals surface area contributed by atoms with Crippen LogP contribution in [0.2, 0.25) is 0 Å². The second-order valence-corrected chi connectivity index (χ2v) is 4.75. The molecule has 1 aromatic carbocycles. The van der Waals surface area contributed by atoms with Gasteiger partial charge in [0.2, 0.25) is 0 Å². The van der Waals surface area contributed by atoms with Crippen LogP contribution in [0.3, 0.4) is 0 Å². The predicted octanol–water partition coefficient (Wildman–Crippen LogP) is -0.257. The molecule has 0 atom stereocenters. The second kappa shape index (κ2) is 7.62. The van der Waals surface area contributed by atoms with Crippen LogP contribution in [-0.4, -0.2) is 49.4 Å². The van der Waals surface area contributed by atoms with E-state index in [1.54, 1.807) is 24.3 Å². The Hall–Kier alpha value is -1.92. The molecule has 0 bridgehead atoms. The zero-order valence-electron chi connectivity index (χ0n) is 11.4. The minimum atomic E-state index is -0.309. The van der Waals surface area contributed by atoms with Crippen LogP contribution in [0.1, 0.15) is 16.8 Å². The van der Waals surface area contributed by atoms with Crippen LogP contribution in [-0.2, 0) is 4.79 Å².